The predicted octanol–water partition coefficient (Wildman–Crippen LogP) is -1.11. The smallest absolute Gasteiger partial charge is 0.362 e. The van der Waals surface area contributed by atoms with Crippen LogP contribution in [0.15, 0.2) is 36.4 Å². The van der Waals surface area contributed by atoms with Crippen molar-refractivity contribution in [1.82, 2.24) is 0 Å². The van der Waals surface area contributed by atoms with Crippen LogP contribution in [-0.2, 0) is 35.9 Å². The van der Waals surface area contributed by atoms with E-state index in [2.05, 4.69) is 0 Å². The number of aromatic hydroxyl groups is 2. The van der Waals surface area contributed by atoms with Crippen molar-refractivity contribution < 1.29 is 50.0 Å². The third-order valence-electron chi connectivity index (χ3n) is 6.44. The summed E-state index contributed by atoms with van der Waals surface area (Å²) in [4.78, 5) is 25.0. The molecule has 2 aromatic rings. The number of rotatable bonds is 14. The van der Waals surface area contributed by atoms with Gasteiger partial charge in [-0.25, -0.2) is 9.59 Å². The quantitative estimate of drug-likeness (QED) is 0.164. The van der Waals surface area contributed by atoms with Crippen LogP contribution < -0.4 is 9.80 Å². The summed E-state index contributed by atoms with van der Waals surface area (Å²) in [5.74, 6) is -2.06. The Morgan fingerprint density at radius 3 is 1.91 bits per heavy atom. The van der Waals surface area contributed by atoms with Crippen LogP contribution in [0.2, 0.25) is 0 Å². The molecule has 0 saturated carbocycles. The zero-order valence-corrected chi connectivity index (χ0v) is 20.1. The highest BCUT2D eigenvalue weighted by atomic mass is 16.4. The van der Waals surface area contributed by atoms with Crippen molar-refractivity contribution in [3.8, 4) is 11.5 Å². The number of carboxylic acid groups (broad SMARTS) is 2. The van der Waals surface area contributed by atoms with Gasteiger partial charge in [0.2, 0.25) is 0 Å². The van der Waals surface area contributed by atoms with E-state index in [1.54, 1.807) is 38.1 Å². The minimum absolute atomic E-state index is 0.00708. The summed E-state index contributed by atoms with van der Waals surface area (Å²) in [7, 11) is 0. The SMILES string of the molecule is CCC(C(=O)O)[NH+](CC[NH+](Cc1cc(CO)ccc1O)C(C)C(=O)O)Cc1ccc(CO)cc1O. The fourth-order valence-electron chi connectivity index (χ4n) is 4.20. The van der Waals surface area contributed by atoms with Crippen LogP contribution >= 0.6 is 0 Å². The van der Waals surface area contributed by atoms with Gasteiger partial charge in [0, 0.05) is 17.5 Å². The molecule has 0 heterocycles. The van der Waals surface area contributed by atoms with Crippen molar-refractivity contribution in [2.45, 2.75) is 58.7 Å². The standard InChI is InChI=1S/C25H34N2O8/c1-3-21(25(34)35)27(12-19-6-4-18(15-29)11-23(19)31)9-8-26(16(2)24(32)33)13-20-10-17(14-28)5-7-22(20)30/h4-7,10-11,16,21,28-31H,3,8-9,12-15H2,1-2H3,(H,32,33)(H,34,35)/p+2. The first-order valence-electron chi connectivity index (χ1n) is 11.6. The van der Waals surface area contributed by atoms with E-state index in [-0.39, 0.29) is 44.3 Å². The zero-order chi connectivity index (χ0) is 26.1. The third-order valence-corrected chi connectivity index (χ3v) is 6.44. The van der Waals surface area contributed by atoms with Gasteiger partial charge in [0.15, 0.2) is 12.1 Å². The maximum atomic E-state index is 12.0. The largest absolute Gasteiger partial charge is 0.507 e. The number of benzene rings is 2. The number of quaternary nitrogens is 2. The van der Waals surface area contributed by atoms with Crippen molar-refractivity contribution in [3.63, 3.8) is 0 Å². The molecule has 0 aromatic heterocycles. The summed E-state index contributed by atoms with van der Waals surface area (Å²) in [5.41, 5.74) is 2.14. The Hall–Kier alpha value is -3.18. The lowest BCUT2D eigenvalue weighted by molar-refractivity contribution is -0.985. The summed E-state index contributed by atoms with van der Waals surface area (Å²) < 4.78 is 0. The number of aliphatic carboxylic acids is 2. The Morgan fingerprint density at radius 2 is 1.37 bits per heavy atom. The predicted molar refractivity (Wildman–Crippen MR) is 126 cm³/mol. The maximum Gasteiger partial charge on any atom is 0.362 e. The topological polar surface area (TPSA) is 164 Å². The van der Waals surface area contributed by atoms with Gasteiger partial charge in [-0.3, -0.25) is 0 Å². The minimum atomic E-state index is -1.03. The molecule has 0 aliphatic heterocycles. The Labute approximate surface area is 204 Å². The van der Waals surface area contributed by atoms with Gasteiger partial charge in [-0.15, -0.1) is 0 Å². The van der Waals surface area contributed by atoms with Crippen LogP contribution in [-0.4, -0.2) is 67.8 Å². The number of hydrogen-bond donors (Lipinski definition) is 8. The van der Waals surface area contributed by atoms with Crippen molar-refractivity contribution in [1.29, 1.82) is 0 Å². The average Bonchev–Trinajstić information content (AvgIpc) is 2.83. The van der Waals surface area contributed by atoms with Crippen LogP contribution in [0, 0.1) is 0 Å². The number of carbonyl (C=O) groups is 2. The third kappa shape index (κ3) is 7.66. The number of phenolic OH excluding ortho intramolecular Hbond substituents is 2. The summed E-state index contributed by atoms with van der Waals surface area (Å²) in [6, 6.07) is 7.80. The molecular formula is C25H36N2O8+2. The molecule has 0 bridgehead atoms. The number of aliphatic hydroxyl groups excluding tert-OH is 2. The number of phenols is 2. The second-order valence-corrected chi connectivity index (χ2v) is 8.77. The van der Waals surface area contributed by atoms with Crippen molar-refractivity contribution in [3.05, 3.63) is 58.7 Å². The van der Waals surface area contributed by atoms with Crippen LogP contribution in [0.1, 0.15) is 42.5 Å². The molecule has 35 heavy (non-hydrogen) atoms. The van der Waals surface area contributed by atoms with Crippen molar-refractivity contribution >= 4 is 11.9 Å². The molecule has 192 valence electrons. The lowest BCUT2D eigenvalue weighted by atomic mass is 10.1. The van der Waals surface area contributed by atoms with E-state index in [4.69, 9.17) is 0 Å². The number of aliphatic hydroxyl groups is 2. The van der Waals surface area contributed by atoms with E-state index < -0.39 is 24.0 Å². The van der Waals surface area contributed by atoms with Crippen molar-refractivity contribution in [2.24, 2.45) is 0 Å². The van der Waals surface area contributed by atoms with Gasteiger partial charge < -0.3 is 40.4 Å². The molecule has 0 aliphatic rings. The van der Waals surface area contributed by atoms with Crippen LogP contribution in [0.5, 0.6) is 11.5 Å². The second-order valence-electron chi connectivity index (χ2n) is 8.77. The van der Waals surface area contributed by atoms with E-state index >= 15 is 0 Å². The first kappa shape index (κ1) is 28.1. The molecule has 4 unspecified atom stereocenters. The minimum Gasteiger partial charge on any atom is -0.507 e. The van der Waals surface area contributed by atoms with E-state index in [9.17, 15) is 40.2 Å². The number of hydrogen-bond acceptors (Lipinski definition) is 6. The highest BCUT2D eigenvalue weighted by molar-refractivity contribution is 5.71. The summed E-state index contributed by atoms with van der Waals surface area (Å²) in [5, 5.41) is 58.8. The molecule has 0 fully saturated rings. The monoisotopic (exact) mass is 492 g/mol. The van der Waals surface area contributed by atoms with E-state index in [0.717, 1.165) is 0 Å². The fourth-order valence-corrected chi connectivity index (χ4v) is 4.20. The Balaban J connectivity index is 2.31. The molecule has 2 rings (SSSR count). The lowest BCUT2D eigenvalue weighted by Gasteiger charge is -2.29. The van der Waals surface area contributed by atoms with Gasteiger partial charge in [-0.1, -0.05) is 19.1 Å². The Kier molecular flexibility index (Phi) is 10.5. The second kappa shape index (κ2) is 13.1. The van der Waals surface area contributed by atoms with E-state index in [0.29, 0.717) is 45.0 Å². The van der Waals surface area contributed by atoms with Gasteiger partial charge in [0.25, 0.3) is 0 Å². The lowest BCUT2D eigenvalue weighted by Crippen LogP contribution is -3.23. The Bertz CT molecular complexity index is 1010. The number of carboxylic acids is 2. The Morgan fingerprint density at radius 1 is 0.800 bits per heavy atom. The number of nitrogens with one attached hydrogen (secondary N) is 2. The first-order valence-corrected chi connectivity index (χ1v) is 11.6. The zero-order valence-electron chi connectivity index (χ0n) is 20.1. The highest BCUT2D eigenvalue weighted by Crippen LogP contribution is 2.19. The van der Waals surface area contributed by atoms with Gasteiger partial charge in [-0.05, 0) is 42.3 Å². The molecule has 4 atom stereocenters. The molecule has 0 amide bonds. The molecule has 0 aliphatic carbocycles. The van der Waals surface area contributed by atoms with Gasteiger partial charge in [0.1, 0.15) is 37.7 Å². The van der Waals surface area contributed by atoms with E-state index in [1.165, 1.54) is 12.1 Å². The maximum absolute atomic E-state index is 12.0. The summed E-state index contributed by atoms with van der Waals surface area (Å²) in [6.45, 7) is 3.80. The van der Waals surface area contributed by atoms with Gasteiger partial charge in [0.05, 0.1) is 13.2 Å². The van der Waals surface area contributed by atoms with Gasteiger partial charge in [-0.2, -0.15) is 0 Å². The molecule has 10 heteroatoms. The normalized spacial score (nSPS) is 14.7. The highest BCUT2D eigenvalue weighted by Gasteiger charge is 2.32. The average molecular weight is 493 g/mol. The molecule has 0 radical (unpaired) electrons. The van der Waals surface area contributed by atoms with Crippen molar-refractivity contribution in [2.75, 3.05) is 13.1 Å². The molecule has 2 aromatic carbocycles. The van der Waals surface area contributed by atoms with Gasteiger partial charge >= 0.3 is 11.9 Å². The molecular weight excluding hydrogens is 456 g/mol. The van der Waals surface area contributed by atoms with Crippen LogP contribution in [0.3, 0.4) is 0 Å². The fraction of sp³-hybridized carbons (Fsp3) is 0.440. The summed E-state index contributed by atoms with van der Waals surface area (Å²) >= 11 is 0. The molecule has 10 nitrogen and oxygen atoms in total. The summed E-state index contributed by atoms with van der Waals surface area (Å²) in [6.07, 6.45) is 0.337. The molecule has 8 N–H and O–H groups in total. The van der Waals surface area contributed by atoms with Crippen LogP contribution in [0.4, 0.5) is 0 Å². The van der Waals surface area contributed by atoms with Crippen LogP contribution in [0.25, 0.3) is 0 Å². The van der Waals surface area contributed by atoms with E-state index in [1.807, 2.05) is 0 Å². The molecule has 0 spiro atoms. The first-order chi connectivity index (χ1) is 16.6. The molecule has 0 saturated heterocycles.